The Morgan fingerprint density at radius 2 is 2.50 bits per heavy atom. The number of hydrogen-bond acceptors (Lipinski definition) is 4. The van der Waals surface area contributed by atoms with Crippen LogP contribution in [0.25, 0.3) is 0 Å². The van der Waals surface area contributed by atoms with Gasteiger partial charge in [0.15, 0.2) is 0 Å². The van der Waals surface area contributed by atoms with Crippen LogP contribution in [0.5, 0.6) is 0 Å². The zero-order chi connectivity index (χ0) is 8.97. The highest BCUT2D eigenvalue weighted by Crippen LogP contribution is 2.19. The summed E-state index contributed by atoms with van der Waals surface area (Å²) >= 11 is 1.65. The van der Waals surface area contributed by atoms with E-state index >= 15 is 0 Å². The van der Waals surface area contributed by atoms with E-state index in [2.05, 4.69) is 15.7 Å². The summed E-state index contributed by atoms with van der Waals surface area (Å²) in [6, 6.07) is 0. The topological polar surface area (TPSA) is 34.1 Å². The number of nitrogens with zero attached hydrogens (tertiary/aromatic N) is 1. The molecule has 0 saturated carbocycles. The van der Waals surface area contributed by atoms with Crippen LogP contribution < -0.4 is 5.32 Å². The summed E-state index contributed by atoms with van der Waals surface area (Å²) in [6.45, 7) is 2.83. The fourth-order valence-electron chi connectivity index (χ4n) is 0.872. The maximum atomic E-state index is 5.16. The molecule has 1 aromatic rings. The van der Waals surface area contributed by atoms with Crippen molar-refractivity contribution in [1.29, 1.82) is 0 Å². The summed E-state index contributed by atoms with van der Waals surface area (Å²) in [6.07, 6.45) is 0.112. The number of hydrogen-bond donors (Lipinski definition) is 1. The van der Waals surface area contributed by atoms with Crippen molar-refractivity contribution in [1.82, 2.24) is 10.3 Å². The van der Waals surface area contributed by atoms with Gasteiger partial charge >= 0.3 is 0 Å². The fraction of sp³-hybridized carbons (Fsp3) is 0.625. The van der Waals surface area contributed by atoms with E-state index in [4.69, 9.17) is 4.74 Å². The van der Waals surface area contributed by atoms with Gasteiger partial charge in [0.2, 0.25) is 0 Å². The van der Waals surface area contributed by atoms with Crippen LogP contribution in [0, 0.1) is 0 Å². The number of rotatable bonds is 4. The quantitative estimate of drug-likeness (QED) is 0.775. The fourth-order valence-corrected chi connectivity index (χ4v) is 1.72. The molecule has 0 spiro atoms. The Kier molecular flexibility index (Phi) is 3.65. The number of aromatic nitrogens is 1. The van der Waals surface area contributed by atoms with E-state index in [1.165, 1.54) is 0 Å². The number of methoxy groups -OCH3 is 1. The largest absolute Gasteiger partial charge is 0.375 e. The van der Waals surface area contributed by atoms with Crippen molar-refractivity contribution in [3.8, 4) is 0 Å². The normalized spacial score (nSPS) is 13.2. The monoisotopic (exact) mass is 186 g/mol. The van der Waals surface area contributed by atoms with Gasteiger partial charge < -0.3 is 10.1 Å². The lowest BCUT2D eigenvalue weighted by atomic mass is 10.4. The minimum absolute atomic E-state index is 0.112. The van der Waals surface area contributed by atoms with Crippen molar-refractivity contribution < 1.29 is 4.74 Å². The first-order valence-corrected chi connectivity index (χ1v) is 4.77. The standard InChI is InChI=1S/C8H14N2OS/c1-6(11-3)8-10-7(4-9-2)5-12-8/h5-6,9H,4H2,1-3H3/t6-/m0/s1. The molecule has 12 heavy (non-hydrogen) atoms. The molecule has 4 heteroatoms. The zero-order valence-electron chi connectivity index (χ0n) is 7.63. The molecule has 1 atom stereocenters. The van der Waals surface area contributed by atoms with E-state index in [1.54, 1.807) is 18.4 Å². The predicted molar refractivity (Wildman–Crippen MR) is 50.3 cm³/mol. The predicted octanol–water partition coefficient (Wildman–Crippen LogP) is 1.57. The molecule has 1 N–H and O–H groups in total. The Bertz CT molecular complexity index is 237. The van der Waals surface area contributed by atoms with Crippen molar-refractivity contribution in [2.45, 2.75) is 19.6 Å². The summed E-state index contributed by atoms with van der Waals surface area (Å²) in [5, 5.41) is 6.16. The van der Waals surface area contributed by atoms with Crippen LogP contribution in [0.3, 0.4) is 0 Å². The van der Waals surface area contributed by atoms with Crippen LogP contribution >= 0.6 is 11.3 Å². The summed E-state index contributed by atoms with van der Waals surface area (Å²) < 4.78 is 5.16. The van der Waals surface area contributed by atoms with E-state index in [1.807, 2.05) is 14.0 Å². The first-order valence-electron chi connectivity index (χ1n) is 3.89. The Balaban J connectivity index is 2.63. The highest BCUT2D eigenvalue weighted by atomic mass is 32.1. The molecule has 0 fully saturated rings. The van der Waals surface area contributed by atoms with E-state index in [0.29, 0.717) is 0 Å². The van der Waals surface area contributed by atoms with E-state index in [0.717, 1.165) is 17.2 Å². The van der Waals surface area contributed by atoms with Gasteiger partial charge in [0, 0.05) is 19.0 Å². The number of nitrogens with one attached hydrogen (secondary N) is 1. The van der Waals surface area contributed by atoms with Crippen LogP contribution in [0.4, 0.5) is 0 Å². The van der Waals surface area contributed by atoms with Crippen LogP contribution in [0.1, 0.15) is 23.7 Å². The molecule has 1 rings (SSSR count). The third-order valence-electron chi connectivity index (χ3n) is 1.63. The van der Waals surface area contributed by atoms with Crippen molar-refractivity contribution in [3.05, 3.63) is 16.1 Å². The van der Waals surface area contributed by atoms with Crippen LogP contribution in [0.15, 0.2) is 5.38 Å². The lowest BCUT2D eigenvalue weighted by Crippen LogP contribution is -2.05. The van der Waals surface area contributed by atoms with Gasteiger partial charge in [-0.15, -0.1) is 11.3 Å². The highest BCUT2D eigenvalue weighted by molar-refractivity contribution is 7.09. The van der Waals surface area contributed by atoms with Gasteiger partial charge in [0.1, 0.15) is 11.1 Å². The zero-order valence-corrected chi connectivity index (χ0v) is 8.44. The summed E-state index contributed by atoms with van der Waals surface area (Å²) in [4.78, 5) is 4.40. The Morgan fingerprint density at radius 1 is 1.75 bits per heavy atom. The second-order valence-corrected chi connectivity index (χ2v) is 3.48. The molecule has 1 aromatic heterocycles. The molecule has 0 aliphatic rings. The molecule has 0 amide bonds. The molecule has 0 aliphatic heterocycles. The molecular weight excluding hydrogens is 172 g/mol. The lowest BCUT2D eigenvalue weighted by Gasteiger charge is -2.03. The molecule has 0 aliphatic carbocycles. The minimum Gasteiger partial charge on any atom is -0.375 e. The molecule has 0 unspecified atom stereocenters. The molecule has 0 bridgehead atoms. The Labute approximate surface area is 76.8 Å². The van der Waals surface area contributed by atoms with Gasteiger partial charge in [0.25, 0.3) is 0 Å². The van der Waals surface area contributed by atoms with E-state index < -0.39 is 0 Å². The lowest BCUT2D eigenvalue weighted by molar-refractivity contribution is 0.119. The van der Waals surface area contributed by atoms with E-state index in [-0.39, 0.29) is 6.10 Å². The van der Waals surface area contributed by atoms with Crippen molar-refractivity contribution in [2.24, 2.45) is 0 Å². The molecule has 68 valence electrons. The molecule has 0 saturated heterocycles. The number of ether oxygens (including phenoxy) is 1. The van der Waals surface area contributed by atoms with E-state index in [9.17, 15) is 0 Å². The average Bonchev–Trinajstić information content (AvgIpc) is 2.52. The van der Waals surface area contributed by atoms with Crippen molar-refractivity contribution in [2.75, 3.05) is 14.2 Å². The number of thiazole rings is 1. The maximum absolute atomic E-state index is 5.16. The SMILES string of the molecule is CNCc1csc([C@H](C)OC)n1. The smallest absolute Gasteiger partial charge is 0.122 e. The molecular formula is C8H14N2OS. The summed E-state index contributed by atoms with van der Waals surface area (Å²) in [5.41, 5.74) is 1.08. The van der Waals surface area contributed by atoms with Gasteiger partial charge in [-0.25, -0.2) is 4.98 Å². The molecule has 0 radical (unpaired) electrons. The van der Waals surface area contributed by atoms with Crippen LogP contribution in [0.2, 0.25) is 0 Å². The minimum atomic E-state index is 0.112. The first kappa shape index (κ1) is 9.64. The summed E-state index contributed by atoms with van der Waals surface area (Å²) in [7, 11) is 3.61. The molecule has 0 aromatic carbocycles. The molecule has 1 heterocycles. The second-order valence-electron chi connectivity index (χ2n) is 2.59. The molecule has 3 nitrogen and oxygen atoms in total. The van der Waals surface area contributed by atoms with Gasteiger partial charge in [-0.2, -0.15) is 0 Å². The van der Waals surface area contributed by atoms with Gasteiger partial charge in [-0.3, -0.25) is 0 Å². The third kappa shape index (κ3) is 2.27. The average molecular weight is 186 g/mol. The van der Waals surface area contributed by atoms with Crippen molar-refractivity contribution in [3.63, 3.8) is 0 Å². The Morgan fingerprint density at radius 3 is 3.08 bits per heavy atom. The van der Waals surface area contributed by atoms with Gasteiger partial charge in [-0.1, -0.05) is 0 Å². The van der Waals surface area contributed by atoms with Gasteiger partial charge in [-0.05, 0) is 14.0 Å². The van der Waals surface area contributed by atoms with Gasteiger partial charge in [0.05, 0.1) is 5.69 Å². The second kappa shape index (κ2) is 4.54. The Hall–Kier alpha value is -0.450. The third-order valence-corrected chi connectivity index (χ3v) is 2.68. The van der Waals surface area contributed by atoms with Crippen LogP contribution in [-0.2, 0) is 11.3 Å². The first-order chi connectivity index (χ1) is 5.77. The highest BCUT2D eigenvalue weighted by Gasteiger charge is 2.08. The van der Waals surface area contributed by atoms with Crippen LogP contribution in [-0.4, -0.2) is 19.1 Å². The summed E-state index contributed by atoms with van der Waals surface area (Å²) in [5.74, 6) is 0. The maximum Gasteiger partial charge on any atom is 0.122 e. The van der Waals surface area contributed by atoms with Crippen molar-refractivity contribution >= 4 is 11.3 Å².